The van der Waals surface area contributed by atoms with Crippen molar-refractivity contribution in [2.24, 2.45) is 0 Å². The Morgan fingerprint density at radius 2 is 1.97 bits per heavy atom. The first kappa shape index (κ1) is 21.5. The highest BCUT2D eigenvalue weighted by Gasteiger charge is 2.21. The Kier molecular flexibility index (Phi) is 6.38. The first-order chi connectivity index (χ1) is 14.9. The second-order valence-corrected chi connectivity index (χ2v) is 8.42. The van der Waals surface area contributed by atoms with Crippen molar-refractivity contribution >= 4 is 55.9 Å². The zero-order valence-electron chi connectivity index (χ0n) is 16.5. The van der Waals surface area contributed by atoms with Gasteiger partial charge in [-0.2, -0.15) is 0 Å². The summed E-state index contributed by atoms with van der Waals surface area (Å²) in [6.07, 6.45) is 4.63. The lowest BCUT2D eigenvalue weighted by Gasteiger charge is -2.29. The Morgan fingerprint density at radius 3 is 2.71 bits per heavy atom. The van der Waals surface area contributed by atoms with Crippen LogP contribution in [0.3, 0.4) is 0 Å². The van der Waals surface area contributed by atoms with Crippen molar-refractivity contribution in [3.05, 3.63) is 64.2 Å². The molecule has 3 aromatic rings. The number of nitrogens with zero attached hydrogens (tertiary/aromatic N) is 3. The van der Waals surface area contributed by atoms with E-state index in [1.165, 1.54) is 18.5 Å². The number of rotatable bonds is 5. The van der Waals surface area contributed by atoms with Crippen molar-refractivity contribution in [2.75, 3.05) is 18.4 Å². The largest absolute Gasteiger partial charge is 0.421 e. The van der Waals surface area contributed by atoms with E-state index in [2.05, 4.69) is 37.8 Å². The zero-order valence-corrected chi connectivity index (χ0v) is 18.8. The Morgan fingerprint density at radius 1 is 1.19 bits per heavy atom. The fourth-order valence-electron chi connectivity index (χ4n) is 3.40. The smallest absolute Gasteiger partial charge is 0.359 e. The summed E-state index contributed by atoms with van der Waals surface area (Å²) in [5.74, 6) is -0.219. The molecule has 0 atom stereocenters. The van der Waals surface area contributed by atoms with E-state index >= 15 is 0 Å². The van der Waals surface area contributed by atoms with Crippen molar-refractivity contribution in [1.82, 2.24) is 14.9 Å². The topological polar surface area (TPSA) is 67.3 Å². The summed E-state index contributed by atoms with van der Waals surface area (Å²) >= 11 is 9.31. The van der Waals surface area contributed by atoms with E-state index < -0.39 is 11.8 Å². The van der Waals surface area contributed by atoms with Gasteiger partial charge in [-0.1, -0.05) is 18.2 Å². The second-order valence-electron chi connectivity index (χ2n) is 7.16. The number of piperidine rings is 1. The molecule has 2 aromatic carbocycles. The van der Waals surface area contributed by atoms with Crippen LogP contribution in [0.4, 0.5) is 15.9 Å². The van der Waals surface area contributed by atoms with Gasteiger partial charge in [-0.15, -0.1) is 0 Å². The molecule has 0 bridgehead atoms. The van der Waals surface area contributed by atoms with Crippen LogP contribution in [0.2, 0.25) is 5.02 Å². The van der Waals surface area contributed by atoms with Gasteiger partial charge in [0, 0.05) is 24.2 Å². The molecule has 0 radical (unpaired) electrons. The van der Waals surface area contributed by atoms with Gasteiger partial charge in [0.25, 0.3) is 0 Å². The van der Waals surface area contributed by atoms with Gasteiger partial charge in [0.2, 0.25) is 0 Å². The molecule has 0 saturated carbocycles. The monoisotopic (exact) mass is 504 g/mol. The number of fused-ring (bicyclic) bond motifs is 1. The minimum absolute atomic E-state index is 0.00282. The molecule has 0 aliphatic carbocycles. The molecule has 1 fully saturated rings. The predicted molar refractivity (Wildman–Crippen MR) is 122 cm³/mol. The normalized spacial score (nSPS) is 13.8. The summed E-state index contributed by atoms with van der Waals surface area (Å²) in [5, 5.41) is 3.73. The van der Waals surface area contributed by atoms with Gasteiger partial charge in [-0.3, -0.25) is 0 Å². The van der Waals surface area contributed by atoms with Crippen LogP contribution in [0, 0.1) is 5.82 Å². The third-order valence-corrected chi connectivity index (χ3v) is 5.96. The number of nitrogens with one attached hydrogen (secondary N) is 1. The molecule has 6 nitrogen and oxygen atoms in total. The molecule has 0 unspecified atom stereocenters. The summed E-state index contributed by atoms with van der Waals surface area (Å²) in [4.78, 5) is 23.2. The number of halogens is 3. The molecule has 1 aromatic heterocycles. The van der Waals surface area contributed by atoms with E-state index in [0.29, 0.717) is 38.3 Å². The van der Waals surface area contributed by atoms with Crippen molar-refractivity contribution in [2.45, 2.75) is 19.3 Å². The highest BCUT2D eigenvalue weighted by atomic mass is 79.9. The number of hydrogen-bond donors (Lipinski definition) is 1. The van der Waals surface area contributed by atoms with Crippen LogP contribution in [0.25, 0.3) is 10.9 Å². The fraction of sp³-hybridized carbons (Fsp3) is 0.227. The Hall–Kier alpha value is -2.71. The van der Waals surface area contributed by atoms with E-state index in [0.717, 1.165) is 32.4 Å². The highest BCUT2D eigenvalue weighted by Crippen LogP contribution is 2.34. The van der Waals surface area contributed by atoms with Gasteiger partial charge in [0.05, 0.1) is 15.0 Å². The third-order valence-electron chi connectivity index (χ3n) is 5.05. The van der Waals surface area contributed by atoms with Crippen LogP contribution < -0.4 is 10.1 Å². The molecule has 2 heterocycles. The van der Waals surface area contributed by atoms with Crippen molar-refractivity contribution in [3.63, 3.8) is 0 Å². The summed E-state index contributed by atoms with van der Waals surface area (Å²) in [5.41, 5.74) is 1.54. The summed E-state index contributed by atoms with van der Waals surface area (Å²) in [6.45, 7) is 5.51. The summed E-state index contributed by atoms with van der Waals surface area (Å²) < 4.78 is 19.7. The predicted octanol–water partition coefficient (Wildman–Crippen LogP) is 5.83. The Labute approximate surface area is 192 Å². The SMILES string of the molecule is C=C(C(=O)Oc1cc2c(Nc3ccc(F)c(Cl)c3)ncnc2cc1Br)N1CCCCC1. The first-order valence-electron chi connectivity index (χ1n) is 9.75. The lowest BCUT2D eigenvalue weighted by atomic mass is 10.1. The molecule has 0 amide bonds. The Bertz CT molecular complexity index is 1170. The third kappa shape index (κ3) is 4.80. The molecule has 1 saturated heterocycles. The van der Waals surface area contributed by atoms with Crippen LogP contribution in [0.5, 0.6) is 5.75 Å². The number of carbonyl (C=O) groups is 1. The van der Waals surface area contributed by atoms with Crippen LogP contribution >= 0.6 is 27.5 Å². The van der Waals surface area contributed by atoms with Crippen LogP contribution in [-0.2, 0) is 4.79 Å². The summed E-state index contributed by atoms with van der Waals surface area (Å²) in [6, 6.07) is 7.70. The maximum atomic E-state index is 13.5. The average Bonchev–Trinajstić information content (AvgIpc) is 2.77. The molecule has 1 aliphatic rings. The van der Waals surface area contributed by atoms with E-state index in [4.69, 9.17) is 16.3 Å². The Balaban J connectivity index is 1.61. The number of esters is 1. The number of ether oxygens (including phenoxy) is 1. The van der Waals surface area contributed by atoms with Crippen LogP contribution in [-0.4, -0.2) is 33.9 Å². The van der Waals surface area contributed by atoms with Crippen LogP contribution in [0.1, 0.15) is 19.3 Å². The van der Waals surface area contributed by atoms with Gasteiger partial charge in [0.1, 0.15) is 29.4 Å². The molecule has 31 heavy (non-hydrogen) atoms. The molecule has 160 valence electrons. The number of likely N-dealkylation sites (tertiary alicyclic amines) is 1. The van der Waals surface area contributed by atoms with Gasteiger partial charge in [0.15, 0.2) is 0 Å². The average molecular weight is 506 g/mol. The van der Waals surface area contributed by atoms with Crippen molar-refractivity contribution in [1.29, 1.82) is 0 Å². The number of carbonyl (C=O) groups excluding carboxylic acids is 1. The van der Waals surface area contributed by atoms with Crippen LogP contribution in [0.15, 0.2) is 53.4 Å². The van der Waals surface area contributed by atoms with Gasteiger partial charge in [-0.05, 0) is 65.5 Å². The second kappa shape index (κ2) is 9.20. The molecular formula is C22H19BrClFN4O2. The molecular weight excluding hydrogens is 487 g/mol. The molecule has 0 spiro atoms. The molecule has 4 rings (SSSR count). The van der Waals surface area contributed by atoms with E-state index in [1.54, 1.807) is 18.2 Å². The lowest BCUT2D eigenvalue weighted by molar-refractivity contribution is -0.132. The maximum absolute atomic E-state index is 13.5. The molecule has 1 N–H and O–H groups in total. The van der Waals surface area contributed by atoms with E-state index in [-0.39, 0.29) is 5.02 Å². The minimum Gasteiger partial charge on any atom is -0.421 e. The van der Waals surface area contributed by atoms with E-state index in [1.807, 2.05) is 4.90 Å². The highest BCUT2D eigenvalue weighted by molar-refractivity contribution is 9.10. The standard InChI is InChI=1S/C22H19BrClFN4O2/c1-13(29-7-3-2-4-8-29)22(30)31-20-10-15-19(11-16(20)23)26-12-27-21(15)28-14-5-6-18(25)17(24)9-14/h5-6,9-12H,1-4,7-8H2,(H,26,27,28). The van der Waals surface area contributed by atoms with Gasteiger partial charge >= 0.3 is 5.97 Å². The fourth-order valence-corrected chi connectivity index (χ4v) is 3.99. The zero-order chi connectivity index (χ0) is 22.0. The molecule has 9 heteroatoms. The number of aromatic nitrogens is 2. The van der Waals surface area contributed by atoms with Crippen molar-refractivity contribution < 1.29 is 13.9 Å². The quantitative estimate of drug-likeness (QED) is 0.267. The number of hydrogen-bond acceptors (Lipinski definition) is 6. The van der Waals surface area contributed by atoms with E-state index in [9.17, 15) is 9.18 Å². The summed E-state index contributed by atoms with van der Waals surface area (Å²) in [7, 11) is 0. The minimum atomic E-state index is -0.508. The van der Waals surface area contributed by atoms with Gasteiger partial charge < -0.3 is 15.0 Å². The number of anilines is 2. The van der Waals surface area contributed by atoms with Gasteiger partial charge in [-0.25, -0.2) is 19.2 Å². The first-order valence-corrected chi connectivity index (χ1v) is 10.9. The maximum Gasteiger partial charge on any atom is 0.359 e. The number of benzene rings is 2. The van der Waals surface area contributed by atoms with Crippen molar-refractivity contribution in [3.8, 4) is 5.75 Å². The lowest BCUT2D eigenvalue weighted by Crippen LogP contribution is -2.33. The molecule has 1 aliphatic heterocycles.